The summed E-state index contributed by atoms with van der Waals surface area (Å²) in [4.78, 5) is 15.2. The molecule has 21 heavy (non-hydrogen) atoms. The van der Waals surface area contributed by atoms with Crippen molar-refractivity contribution in [2.24, 2.45) is 0 Å². The van der Waals surface area contributed by atoms with Gasteiger partial charge in [-0.15, -0.1) is 0 Å². The standard InChI is InChI=1S/C16H13ClN2O2/c17-13-4-1-11(2-5-13)7-8-19-10-18-14-9-12(16(20)21)3-6-15(14)19/h1-6,9-10H,7-8H2,(H,20,21). The first-order valence-corrected chi connectivity index (χ1v) is 6.94. The third kappa shape index (κ3) is 2.90. The van der Waals surface area contributed by atoms with Gasteiger partial charge in [0.15, 0.2) is 0 Å². The number of halogens is 1. The molecule has 0 spiro atoms. The number of carbonyl (C=O) groups is 1. The van der Waals surface area contributed by atoms with Gasteiger partial charge >= 0.3 is 5.97 Å². The van der Waals surface area contributed by atoms with E-state index in [-0.39, 0.29) is 5.56 Å². The van der Waals surface area contributed by atoms with Gasteiger partial charge in [0, 0.05) is 11.6 Å². The minimum absolute atomic E-state index is 0.255. The fraction of sp³-hybridized carbons (Fsp3) is 0.125. The summed E-state index contributed by atoms with van der Waals surface area (Å²) >= 11 is 5.87. The minimum atomic E-state index is -0.937. The Balaban J connectivity index is 1.81. The summed E-state index contributed by atoms with van der Waals surface area (Å²) in [6.45, 7) is 0.782. The van der Waals surface area contributed by atoms with E-state index in [9.17, 15) is 4.79 Å². The summed E-state index contributed by atoms with van der Waals surface area (Å²) in [5.41, 5.74) is 3.09. The van der Waals surface area contributed by atoms with Crippen LogP contribution in [0.15, 0.2) is 48.8 Å². The molecule has 0 saturated heterocycles. The Morgan fingerprint density at radius 2 is 1.95 bits per heavy atom. The van der Waals surface area contributed by atoms with E-state index in [4.69, 9.17) is 16.7 Å². The van der Waals surface area contributed by atoms with Crippen molar-refractivity contribution in [3.05, 3.63) is 64.9 Å². The van der Waals surface area contributed by atoms with Crippen molar-refractivity contribution >= 4 is 28.6 Å². The largest absolute Gasteiger partial charge is 0.478 e. The predicted molar refractivity (Wildman–Crippen MR) is 81.8 cm³/mol. The molecular weight excluding hydrogens is 288 g/mol. The Morgan fingerprint density at radius 3 is 2.67 bits per heavy atom. The smallest absolute Gasteiger partial charge is 0.335 e. The molecular formula is C16H13ClN2O2. The van der Waals surface area contributed by atoms with Gasteiger partial charge in [-0.3, -0.25) is 0 Å². The molecule has 0 saturated carbocycles. The first kappa shape index (κ1) is 13.6. The molecule has 0 unspecified atom stereocenters. The zero-order valence-electron chi connectivity index (χ0n) is 11.2. The van der Waals surface area contributed by atoms with Crippen LogP contribution in [0, 0.1) is 0 Å². The highest BCUT2D eigenvalue weighted by molar-refractivity contribution is 6.30. The maximum Gasteiger partial charge on any atom is 0.335 e. The van der Waals surface area contributed by atoms with Gasteiger partial charge < -0.3 is 9.67 Å². The van der Waals surface area contributed by atoms with Crippen molar-refractivity contribution in [1.82, 2.24) is 9.55 Å². The molecule has 3 rings (SSSR count). The predicted octanol–water partition coefficient (Wildman–Crippen LogP) is 3.63. The molecule has 2 aromatic carbocycles. The number of benzene rings is 2. The highest BCUT2D eigenvalue weighted by Gasteiger charge is 2.07. The summed E-state index contributed by atoms with van der Waals surface area (Å²) in [5.74, 6) is -0.937. The molecule has 4 nitrogen and oxygen atoms in total. The Hall–Kier alpha value is -2.33. The number of carboxylic acid groups (broad SMARTS) is 1. The lowest BCUT2D eigenvalue weighted by Gasteiger charge is -2.05. The van der Waals surface area contributed by atoms with E-state index in [1.807, 2.05) is 28.8 Å². The quantitative estimate of drug-likeness (QED) is 0.800. The molecule has 0 aliphatic carbocycles. The number of hydrogen-bond acceptors (Lipinski definition) is 2. The van der Waals surface area contributed by atoms with Crippen LogP contribution in [0.5, 0.6) is 0 Å². The third-order valence-corrected chi connectivity index (χ3v) is 3.67. The van der Waals surface area contributed by atoms with Crippen LogP contribution in [0.2, 0.25) is 5.02 Å². The number of aromatic carboxylic acids is 1. The van der Waals surface area contributed by atoms with E-state index in [2.05, 4.69) is 4.98 Å². The minimum Gasteiger partial charge on any atom is -0.478 e. The lowest BCUT2D eigenvalue weighted by Crippen LogP contribution is -2.00. The van der Waals surface area contributed by atoms with Crippen LogP contribution in [0.3, 0.4) is 0 Å². The van der Waals surface area contributed by atoms with Gasteiger partial charge in [0.05, 0.1) is 22.9 Å². The van der Waals surface area contributed by atoms with Crippen molar-refractivity contribution in [2.75, 3.05) is 0 Å². The lowest BCUT2D eigenvalue weighted by atomic mass is 10.1. The van der Waals surface area contributed by atoms with Gasteiger partial charge in [-0.2, -0.15) is 0 Å². The second-order valence-corrected chi connectivity index (χ2v) is 5.26. The second-order valence-electron chi connectivity index (χ2n) is 4.82. The number of hydrogen-bond donors (Lipinski definition) is 1. The highest BCUT2D eigenvalue weighted by Crippen LogP contribution is 2.16. The number of fused-ring (bicyclic) bond motifs is 1. The van der Waals surface area contributed by atoms with Crippen LogP contribution >= 0.6 is 11.6 Å². The van der Waals surface area contributed by atoms with Crippen molar-refractivity contribution in [3.63, 3.8) is 0 Å². The van der Waals surface area contributed by atoms with E-state index in [1.54, 1.807) is 24.5 Å². The number of aromatic nitrogens is 2. The normalized spacial score (nSPS) is 10.9. The number of rotatable bonds is 4. The average molecular weight is 301 g/mol. The van der Waals surface area contributed by atoms with Gasteiger partial charge in [-0.1, -0.05) is 23.7 Å². The Labute approximate surface area is 126 Å². The van der Waals surface area contributed by atoms with E-state index in [0.717, 1.165) is 23.5 Å². The summed E-state index contributed by atoms with van der Waals surface area (Å²) in [5, 5.41) is 9.71. The second kappa shape index (κ2) is 5.58. The number of aryl methyl sites for hydroxylation is 2. The summed E-state index contributed by atoms with van der Waals surface area (Å²) in [6, 6.07) is 12.8. The topological polar surface area (TPSA) is 55.1 Å². The third-order valence-electron chi connectivity index (χ3n) is 3.42. The molecule has 0 amide bonds. The van der Waals surface area contributed by atoms with Crippen LogP contribution < -0.4 is 0 Å². The lowest BCUT2D eigenvalue weighted by molar-refractivity contribution is 0.0697. The Kier molecular flexibility index (Phi) is 3.62. The van der Waals surface area contributed by atoms with E-state index in [0.29, 0.717) is 5.52 Å². The van der Waals surface area contributed by atoms with E-state index >= 15 is 0 Å². The van der Waals surface area contributed by atoms with Gasteiger partial charge in [-0.25, -0.2) is 9.78 Å². The summed E-state index contributed by atoms with van der Waals surface area (Å²) < 4.78 is 2.02. The van der Waals surface area contributed by atoms with Gasteiger partial charge in [0.25, 0.3) is 0 Å². The summed E-state index contributed by atoms with van der Waals surface area (Å²) in [7, 11) is 0. The molecule has 0 aliphatic heterocycles. The van der Waals surface area contributed by atoms with Crippen molar-refractivity contribution in [3.8, 4) is 0 Å². The molecule has 0 radical (unpaired) electrons. The summed E-state index contributed by atoms with van der Waals surface area (Å²) in [6.07, 6.45) is 2.61. The van der Waals surface area contributed by atoms with Crippen molar-refractivity contribution in [1.29, 1.82) is 0 Å². The zero-order valence-corrected chi connectivity index (χ0v) is 11.9. The first-order chi connectivity index (χ1) is 10.1. The molecule has 106 valence electrons. The molecule has 0 atom stereocenters. The van der Waals surface area contributed by atoms with Crippen molar-refractivity contribution in [2.45, 2.75) is 13.0 Å². The number of carboxylic acids is 1. The van der Waals surface area contributed by atoms with Gasteiger partial charge in [0.2, 0.25) is 0 Å². The van der Waals surface area contributed by atoms with Gasteiger partial charge in [0.1, 0.15) is 0 Å². The number of imidazole rings is 1. The fourth-order valence-electron chi connectivity index (χ4n) is 2.28. The molecule has 5 heteroatoms. The maximum atomic E-state index is 10.9. The van der Waals surface area contributed by atoms with Crippen molar-refractivity contribution < 1.29 is 9.90 Å². The maximum absolute atomic E-state index is 10.9. The van der Waals surface area contributed by atoms with Crippen LogP contribution in [0.25, 0.3) is 11.0 Å². The molecule has 0 fully saturated rings. The molecule has 1 aromatic heterocycles. The fourth-order valence-corrected chi connectivity index (χ4v) is 2.40. The molecule has 1 heterocycles. The van der Waals surface area contributed by atoms with Gasteiger partial charge in [-0.05, 0) is 42.3 Å². The van der Waals surface area contributed by atoms with Crippen LogP contribution in [-0.4, -0.2) is 20.6 Å². The Bertz CT molecular complexity index is 794. The number of nitrogens with zero attached hydrogens (tertiary/aromatic N) is 2. The molecule has 3 aromatic rings. The zero-order chi connectivity index (χ0) is 14.8. The SMILES string of the molecule is O=C(O)c1ccc2c(c1)ncn2CCc1ccc(Cl)cc1. The monoisotopic (exact) mass is 300 g/mol. The van der Waals surface area contributed by atoms with E-state index in [1.165, 1.54) is 5.56 Å². The molecule has 0 aliphatic rings. The van der Waals surface area contributed by atoms with E-state index < -0.39 is 5.97 Å². The van der Waals surface area contributed by atoms with Crippen LogP contribution in [0.1, 0.15) is 15.9 Å². The molecule has 0 bridgehead atoms. The molecule has 1 N–H and O–H groups in total. The highest BCUT2D eigenvalue weighted by atomic mass is 35.5. The van der Waals surface area contributed by atoms with Crippen LogP contribution in [0.4, 0.5) is 0 Å². The van der Waals surface area contributed by atoms with Crippen LogP contribution in [-0.2, 0) is 13.0 Å². The first-order valence-electron chi connectivity index (χ1n) is 6.56. The average Bonchev–Trinajstić information content (AvgIpc) is 2.89. The Morgan fingerprint density at radius 1 is 1.19 bits per heavy atom.